The van der Waals surface area contributed by atoms with Crippen LogP contribution in [0.3, 0.4) is 0 Å². The number of carbonyl (C=O) groups is 1. The molecule has 3 aromatic carbocycles. The molecule has 1 unspecified atom stereocenters. The molecule has 4 aromatic rings. The molecule has 238 valence electrons. The minimum absolute atomic E-state index is 0.0730. The Balaban J connectivity index is 1.52. The second-order valence-corrected chi connectivity index (χ2v) is 11.4. The van der Waals surface area contributed by atoms with Gasteiger partial charge in [0, 0.05) is 68.5 Å². The van der Waals surface area contributed by atoms with E-state index in [9.17, 15) is 33.2 Å². The number of non-ortho nitro benzene ring substituents is 1. The van der Waals surface area contributed by atoms with E-state index in [0.717, 1.165) is 5.56 Å². The number of β-amino-alcohol motifs (C(OH)–C–C–N with tert-alkyl or cyclic N) is 1. The fourth-order valence-electron chi connectivity index (χ4n) is 6.04. The summed E-state index contributed by atoms with van der Waals surface area (Å²) in [4.78, 5) is 27.7. The number of fused-ring (bicyclic) bond motifs is 1. The predicted molar refractivity (Wildman–Crippen MR) is 164 cm³/mol. The van der Waals surface area contributed by atoms with E-state index >= 15 is 0 Å². The molecule has 1 aliphatic heterocycles. The van der Waals surface area contributed by atoms with Crippen molar-refractivity contribution in [3.05, 3.63) is 106 Å². The molecule has 2 heterocycles. The molecule has 1 atom stereocenters. The molecule has 1 aliphatic rings. The Morgan fingerprint density at radius 3 is 2.22 bits per heavy atom. The monoisotopic (exact) mass is 624 g/mol. The zero-order valence-electron chi connectivity index (χ0n) is 24.9. The molecule has 0 radical (unpaired) electrons. The molecule has 0 saturated carbocycles. The van der Waals surface area contributed by atoms with E-state index < -0.39 is 36.0 Å². The summed E-state index contributed by atoms with van der Waals surface area (Å²) in [6, 6.07) is 20.1. The van der Waals surface area contributed by atoms with Crippen LogP contribution in [0.1, 0.15) is 21.5 Å². The van der Waals surface area contributed by atoms with Gasteiger partial charge in [-0.05, 0) is 23.8 Å². The van der Waals surface area contributed by atoms with Gasteiger partial charge in [0.25, 0.3) is 11.6 Å². The standard InChI is InChI=1S/C33H35F3N4O5/c1-45-30-10-6-5-9-27(30)31(41)38-15-13-37(14-16-38)23-33(42,32(20-34,21-35)22-36)28-19-39(18-24-7-3-2-4-8-24)29-17-25(40(43)44)11-12-26(28)29/h2-12,17,19,42H,13-16,18,20-23H2,1H3. The number of amides is 1. The Hall–Kier alpha value is -4.42. The number of rotatable bonds is 12. The molecule has 1 fully saturated rings. The topological polar surface area (TPSA) is 101 Å². The highest BCUT2D eigenvalue weighted by Crippen LogP contribution is 2.46. The van der Waals surface area contributed by atoms with Crippen molar-refractivity contribution in [2.75, 3.05) is 59.9 Å². The number of hydrogen-bond donors (Lipinski definition) is 1. The lowest BCUT2D eigenvalue weighted by Gasteiger charge is -2.46. The second-order valence-electron chi connectivity index (χ2n) is 11.4. The fraction of sp³-hybridized carbons (Fsp3) is 0.364. The highest BCUT2D eigenvalue weighted by molar-refractivity contribution is 5.97. The van der Waals surface area contributed by atoms with E-state index in [1.54, 1.807) is 38.6 Å². The number of halogens is 3. The Labute approximate surface area is 258 Å². The second kappa shape index (κ2) is 13.3. The van der Waals surface area contributed by atoms with E-state index in [0.29, 0.717) is 22.2 Å². The average Bonchev–Trinajstić information content (AvgIpc) is 3.44. The maximum atomic E-state index is 14.8. The van der Waals surface area contributed by atoms with Crippen LogP contribution in [-0.2, 0) is 12.1 Å². The van der Waals surface area contributed by atoms with Crippen molar-refractivity contribution in [3.63, 3.8) is 0 Å². The van der Waals surface area contributed by atoms with Crippen LogP contribution in [-0.4, -0.2) is 90.2 Å². The molecule has 1 amide bonds. The van der Waals surface area contributed by atoms with Crippen molar-refractivity contribution < 1.29 is 32.7 Å². The van der Waals surface area contributed by atoms with Crippen molar-refractivity contribution in [1.82, 2.24) is 14.4 Å². The van der Waals surface area contributed by atoms with E-state index in [1.807, 2.05) is 30.3 Å². The molecule has 0 aliphatic carbocycles. The fourth-order valence-corrected chi connectivity index (χ4v) is 6.04. The number of aliphatic hydroxyl groups is 1. The minimum Gasteiger partial charge on any atom is -0.496 e. The first kappa shape index (κ1) is 32.0. The minimum atomic E-state index is -2.44. The lowest BCUT2D eigenvalue weighted by atomic mass is 9.69. The summed E-state index contributed by atoms with van der Waals surface area (Å²) >= 11 is 0. The number of ether oxygens (including phenoxy) is 1. The molecule has 9 nitrogen and oxygen atoms in total. The van der Waals surface area contributed by atoms with E-state index in [-0.39, 0.29) is 56.4 Å². The van der Waals surface area contributed by atoms with Crippen molar-refractivity contribution in [2.24, 2.45) is 5.41 Å². The molecule has 45 heavy (non-hydrogen) atoms. The van der Waals surface area contributed by atoms with Gasteiger partial charge in [0.1, 0.15) is 31.4 Å². The number of nitrogens with zero attached hydrogens (tertiary/aromatic N) is 4. The lowest BCUT2D eigenvalue weighted by molar-refractivity contribution is -0.384. The molecule has 12 heteroatoms. The van der Waals surface area contributed by atoms with Crippen LogP contribution in [0.25, 0.3) is 10.9 Å². The summed E-state index contributed by atoms with van der Waals surface area (Å²) in [6.07, 6.45) is 1.51. The van der Waals surface area contributed by atoms with Crippen LogP contribution in [0.4, 0.5) is 18.9 Å². The summed E-state index contributed by atoms with van der Waals surface area (Å²) in [5.74, 6) is 0.198. The van der Waals surface area contributed by atoms with Gasteiger partial charge in [0.15, 0.2) is 0 Å². The number of piperazine rings is 1. The van der Waals surface area contributed by atoms with E-state index in [2.05, 4.69) is 0 Å². The van der Waals surface area contributed by atoms with Crippen LogP contribution in [0.2, 0.25) is 0 Å². The number of hydrogen-bond acceptors (Lipinski definition) is 6. The normalized spacial score (nSPS) is 15.6. The predicted octanol–water partition coefficient (Wildman–Crippen LogP) is 5.15. The lowest BCUT2D eigenvalue weighted by Crippen LogP contribution is -2.59. The first-order valence-corrected chi connectivity index (χ1v) is 14.6. The van der Waals surface area contributed by atoms with Crippen molar-refractivity contribution in [2.45, 2.75) is 12.1 Å². The maximum Gasteiger partial charge on any atom is 0.271 e. The van der Waals surface area contributed by atoms with Crippen LogP contribution in [0.15, 0.2) is 79.0 Å². The zero-order chi connectivity index (χ0) is 32.2. The number of carbonyl (C=O) groups excluding carboxylic acids is 1. The molecule has 1 N–H and O–H groups in total. The number of alkyl halides is 3. The summed E-state index contributed by atoms with van der Waals surface area (Å²) in [6.45, 7) is -3.54. The number of nitro benzene ring substituents is 1. The number of methoxy groups -OCH3 is 1. The van der Waals surface area contributed by atoms with E-state index in [4.69, 9.17) is 4.74 Å². The van der Waals surface area contributed by atoms with Gasteiger partial charge in [0.05, 0.1) is 28.5 Å². The number of nitro groups is 1. The van der Waals surface area contributed by atoms with Gasteiger partial charge >= 0.3 is 0 Å². The number of aromatic nitrogens is 1. The average molecular weight is 625 g/mol. The van der Waals surface area contributed by atoms with Gasteiger partial charge < -0.3 is 19.3 Å². The van der Waals surface area contributed by atoms with Gasteiger partial charge in [-0.3, -0.25) is 33.0 Å². The number of para-hydroxylation sites is 1. The Morgan fingerprint density at radius 1 is 0.956 bits per heavy atom. The first-order chi connectivity index (χ1) is 21.7. The quantitative estimate of drug-likeness (QED) is 0.173. The summed E-state index contributed by atoms with van der Waals surface area (Å²) < 4.78 is 51.3. The Bertz CT molecular complexity index is 1650. The Morgan fingerprint density at radius 2 is 1.60 bits per heavy atom. The largest absolute Gasteiger partial charge is 0.496 e. The summed E-state index contributed by atoms with van der Waals surface area (Å²) in [5.41, 5.74) is -3.34. The zero-order valence-corrected chi connectivity index (χ0v) is 24.9. The first-order valence-electron chi connectivity index (χ1n) is 14.6. The van der Waals surface area contributed by atoms with Gasteiger partial charge in [0.2, 0.25) is 0 Å². The molecular weight excluding hydrogens is 589 g/mol. The molecule has 5 rings (SSSR count). The van der Waals surface area contributed by atoms with Crippen LogP contribution < -0.4 is 4.74 Å². The molecule has 0 spiro atoms. The van der Waals surface area contributed by atoms with Crippen LogP contribution >= 0.6 is 0 Å². The van der Waals surface area contributed by atoms with Crippen LogP contribution in [0.5, 0.6) is 5.75 Å². The highest BCUT2D eigenvalue weighted by Gasteiger charge is 2.55. The Kier molecular flexibility index (Phi) is 9.45. The SMILES string of the molecule is COc1ccccc1C(=O)N1CCN(CC(O)(c2cn(Cc3ccccc3)c3cc([N+](=O)[O-])ccc23)C(CF)(CF)CF)CC1. The third-order valence-electron chi connectivity index (χ3n) is 8.81. The van der Waals surface area contributed by atoms with Gasteiger partial charge in [-0.15, -0.1) is 0 Å². The van der Waals surface area contributed by atoms with Crippen LogP contribution in [0, 0.1) is 15.5 Å². The molecule has 1 aromatic heterocycles. The van der Waals surface area contributed by atoms with Gasteiger partial charge in [-0.25, -0.2) is 0 Å². The van der Waals surface area contributed by atoms with Crippen molar-refractivity contribution in [1.29, 1.82) is 0 Å². The smallest absolute Gasteiger partial charge is 0.271 e. The van der Waals surface area contributed by atoms with Crippen molar-refractivity contribution in [3.8, 4) is 5.75 Å². The third kappa shape index (κ3) is 5.99. The van der Waals surface area contributed by atoms with Gasteiger partial charge in [-0.1, -0.05) is 42.5 Å². The van der Waals surface area contributed by atoms with E-state index in [1.165, 1.54) is 31.5 Å². The van der Waals surface area contributed by atoms with Crippen molar-refractivity contribution >= 4 is 22.5 Å². The molecule has 1 saturated heterocycles. The highest BCUT2D eigenvalue weighted by atomic mass is 19.1. The van der Waals surface area contributed by atoms with Gasteiger partial charge in [-0.2, -0.15) is 0 Å². The molecule has 0 bridgehead atoms. The number of benzene rings is 3. The summed E-state index contributed by atoms with van der Waals surface area (Å²) in [7, 11) is 1.48. The third-order valence-corrected chi connectivity index (χ3v) is 8.81. The maximum absolute atomic E-state index is 14.8. The molecular formula is C33H35F3N4O5. The summed E-state index contributed by atoms with van der Waals surface area (Å²) in [5, 5.41) is 24.4.